The molecule has 92 valence electrons. The molecule has 0 aliphatic carbocycles. The SMILES string of the molecule is C=CC=C.FC(F)=CC(CCCCl)=C(F)F. The zero-order valence-electron chi connectivity index (χ0n) is 8.66. The molecule has 0 bridgehead atoms. The second-order valence-electron chi connectivity index (χ2n) is 2.48. The molecule has 0 aliphatic heterocycles. The molecule has 0 atom stereocenters. The van der Waals surface area contributed by atoms with Crippen LogP contribution in [0.2, 0.25) is 0 Å². The Kier molecular flexibility index (Phi) is 13.1. The number of rotatable bonds is 5. The van der Waals surface area contributed by atoms with Gasteiger partial charge in [-0.1, -0.05) is 25.3 Å². The Balaban J connectivity index is 0. The van der Waals surface area contributed by atoms with Gasteiger partial charge in [0.05, 0.1) is 0 Å². The molecule has 0 aromatic rings. The number of halogens is 5. The van der Waals surface area contributed by atoms with Crippen LogP contribution in [0.5, 0.6) is 0 Å². The third-order valence-corrected chi connectivity index (χ3v) is 1.54. The molecule has 0 spiro atoms. The van der Waals surface area contributed by atoms with Crippen LogP contribution in [-0.4, -0.2) is 5.88 Å². The number of hydrogen-bond acceptors (Lipinski definition) is 0. The first kappa shape index (κ1) is 17.4. The summed E-state index contributed by atoms with van der Waals surface area (Å²) in [6.45, 7) is 6.72. The highest BCUT2D eigenvalue weighted by Crippen LogP contribution is 2.18. The van der Waals surface area contributed by atoms with Gasteiger partial charge in [-0.3, -0.25) is 0 Å². The van der Waals surface area contributed by atoms with Gasteiger partial charge in [-0.15, -0.1) is 11.6 Å². The Hall–Kier alpha value is -1.03. The van der Waals surface area contributed by atoms with Crippen LogP contribution >= 0.6 is 11.6 Å². The molecule has 0 nitrogen and oxygen atoms in total. The van der Waals surface area contributed by atoms with E-state index in [1.807, 2.05) is 0 Å². The van der Waals surface area contributed by atoms with E-state index in [0.717, 1.165) is 0 Å². The van der Waals surface area contributed by atoms with Gasteiger partial charge in [-0.05, 0) is 12.8 Å². The second kappa shape index (κ2) is 12.0. The van der Waals surface area contributed by atoms with Crippen LogP contribution in [-0.2, 0) is 0 Å². The van der Waals surface area contributed by atoms with Gasteiger partial charge in [0.15, 0.2) is 0 Å². The van der Waals surface area contributed by atoms with Gasteiger partial charge >= 0.3 is 0 Å². The standard InChI is InChI=1S/C7H7ClF4.C4H6/c8-3-1-2-5(7(11)12)4-6(9)10;1-3-4-2/h4H,1-3H2;3-4H,1-2H2. The van der Waals surface area contributed by atoms with Gasteiger partial charge in [-0.2, -0.15) is 17.6 Å². The highest BCUT2D eigenvalue weighted by Gasteiger charge is 2.04. The molecule has 16 heavy (non-hydrogen) atoms. The summed E-state index contributed by atoms with van der Waals surface area (Å²) in [5.74, 6) is 0.179. The molecule has 0 saturated heterocycles. The predicted octanol–water partition coefficient (Wildman–Crippen LogP) is 5.29. The molecular weight excluding hydrogens is 244 g/mol. The molecule has 0 radical (unpaired) electrons. The molecule has 0 unspecified atom stereocenters. The van der Waals surface area contributed by atoms with E-state index < -0.39 is 17.7 Å². The lowest BCUT2D eigenvalue weighted by Gasteiger charge is -1.96. The molecule has 0 amide bonds. The average Bonchev–Trinajstić information content (AvgIpc) is 2.23. The van der Waals surface area contributed by atoms with Gasteiger partial charge in [0.2, 0.25) is 0 Å². The van der Waals surface area contributed by atoms with E-state index in [9.17, 15) is 17.6 Å². The fourth-order valence-electron chi connectivity index (χ4n) is 0.610. The van der Waals surface area contributed by atoms with Crippen molar-refractivity contribution in [3.05, 3.63) is 49.1 Å². The molecule has 0 saturated carbocycles. The molecule has 0 aliphatic rings. The van der Waals surface area contributed by atoms with Crippen molar-refractivity contribution in [2.75, 3.05) is 5.88 Å². The fourth-order valence-corrected chi connectivity index (χ4v) is 0.744. The van der Waals surface area contributed by atoms with E-state index in [4.69, 9.17) is 11.6 Å². The molecule has 5 heteroatoms. The first-order valence-electron chi connectivity index (χ1n) is 4.35. The van der Waals surface area contributed by atoms with Crippen molar-refractivity contribution in [3.63, 3.8) is 0 Å². The molecule has 0 fully saturated rings. The minimum absolute atomic E-state index is 0.122. The van der Waals surface area contributed by atoms with Gasteiger partial charge in [-0.25, -0.2) is 0 Å². The molecule has 0 rings (SSSR count). The lowest BCUT2D eigenvalue weighted by atomic mass is 10.2. The van der Waals surface area contributed by atoms with Gasteiger partial charge in [0, 0.05) is 17.5 Å². The first-order valence-corrected chi connectivity index (χ1v) is 4.89. The summed E-state index contributed by atoms with van der Waals surface area (Å²) in [5, 5.41) is 0. The number of allylic oxidation sites excluding steroid dienone is 4. The summed E-state index contributed by atoms with van der Waals surface area (Å²) < 4.78 is 46.7. The van der Waals surface area contributed by atoms with E-state index in [0.29, 0.717) is 0 Å². The van der Waals surface area contributed by atoms with Crippen molar-refractivity contribution in [1.82, 2.24) is 0 Å². The normalized spacial score (nSPS) is 8.31. The van der Waals surface area contributed by atoms with Crippen molar-refractivity contribution in [2.45, 2.75) is 12.8 Å². The Morgan fingerprint density at radius 1 is 1.06 bits per heavy atom. The lowest BCUT2D eigenvalue weighted by Crippen LogP contribution is -1.83. The summed E-state index contributed by atoms with van der Waals surface area (Å²) >= 11 is 5.21. The summed E-state index contributed by atoms with van der Waals surface area (Å²) in [6, 6.07) is 0. The second-order valence-corrected chi connectivity index (χ2v) is 2.86. The third kappa shape index (κ3) is 13.0. The quantitative estimate of drug-likeness (QED) is 0.356. The third-order valence-electron chi connectivity index (χ3n) is 1.27. The van der Waals surface area contributed by atoms with Crippen LogP contribution < -0.4 is 0 Å². The minimum Gasteiger partial charge on any atom is -0.173 e. The molecule has 0 aromatic carbocycles. The van der Waals surface area contributed by atoms with Crippen LogP contribution in [0.3, 0.4) is 0 Å². The van der Waals surface area contributed by atoms with Crippen LogP contribution in [0.1, 0.15) is 12.8 Å². The first-order chi connectivity index (χ1) is 7.49. The minimum atomic E-state index is -2.12. The fraction of sp³-hybridized carbons (Fsp3) is 0.273. The van der Waals surface area contributed by atoms with Crippen LogP contribution in [0, 0.1) is 0 Å². The monoisotopic (exact) mass is 256 g/mol. The number of alkyl halides is 1. The van der Waals surface area contributed by atoms with Crippen molar-refractivity contribution in [1.29, 1.82) is 0 Å². The Morgan fingerprint density at radius 3 is 1.81 bits per heavy atom. The smallest absolute Gasteiger partial charge is 0.173 e. The highest BCUT2D eigenvalue weighted by molar-refractivity contribution is 6.17. The highest BCUT2D eigenvalue weighted by atomic mass is 35.5. The maximum absolute atomic E-state index is 11.8. The summed E-state index contributed by atoms with van der Waals surface area (Å²) in [4.78, 5) is 0. The number of hydrogen-bond donors (Lipinski definition) is 0. The van der Waals surface area contributed by atoms with Crippen molar-refractivity contribution >= 4 is 11.6 Å². The Labute approximate surface area is 97.6 Å². The molecule has 0 aromatic heterocycles. The van der Waals surface area contributed by atoms with E-state index >= 15 is 0 Å². The lowest BCUT2D eigenvalue weighted by molar-refractivity contribution is 0.400. The van der Waals surface area contributed by atoms with Crippen LogP contribution in [0.25, 0.3) is 0 Å². The van der Waals surface area contributed by atoms with E-state index in [2.05, 4.69) is 13.2 Å². The summed E-state index contributed by atoms with van der Waals surface area (Å²) in [6.07, 6.45) is -0.608. The topological polar surface area (TPSA) is 0 Å². The van der Waals surface area contributed by atoms with E-state index in [1.54, 1.807) is 12.2 Å². The van der Waals surface area contributed by atoms with Gasteiger partial charge < -0.3 is 0 Å². The van der Waals surface area contributed by atoms with Crippen LogP contribution in [0.4, 0.5) is 17.6 Å². The van der Waals surface area contributed by atoms with Crippen LogP contribution in [0.15, 0.2) is 49.1 Å². The Morgan fingerprint density at radius 2 is 1.56 bits per heavy atom. The van der Waals surface area contributed by atoms with Crippen molar-refractivity contribution in [3.8, 4) is 0 Å². The summed E-state index contributed by atoms with van der Waals surface area (Å²) in [5.41, 5.74) is -0.643. The predicted molar refractivity (Wildman–Crippen MR) is 59.9 cm³/mol. The Bertz CT molecular complexity index is 255. The van der Waals surface area contributed by atoms with E-state index in [1.165, 1.54) is 0 Å². The molecular formula is C11H13ClF4. The van der Waals surface area contributed by atoms with E-state index in [-0.39, 0.29) is 24.8 Å². The largest absolute Gasteiger partial charge is 0.273 e. The average molecular weight is 257 g/mol. The van der Waals surface area contributed by atoms with Gasteiger partial charge in [0.1, 0.15) is 0 Å². The van der Waals surface area contributed by atoms with Gasteiger partial charge in [0.25, 0.3) is 12.2 Å². The molecule has 0 N–H and O–H groups in total. The maximum atomic E-state index is 11.8. The molecule has 0 heterocycles. The van der Waals surface area contributed by atoms with Crippen molar-refractivity contribution in [2.24, 2.45) is 0 Å². The maximum Gasteiger partial charge on any atom is 0.273 e. The zero-order chi connectivity index (χ0) is 13.0. The summed E-state index contributed by atoms with van der Waals surface area (Å²) in [7, 11) is 0. The zero-order valence-corrected chi connectivity index (χ0v) is 9.41. The van der Waals surface area contributed by atoms with Crippen molar-refractivity contribution < 1.29 is 17.6 Å².